The van der Waals surface area contributed by atoms with Gasteiger partial charge < -0.3 is 14.2 Å². The lowest BCUT2D eigenvalue weighted by Crippen LogP contribution is -2.22. The number of rotatable bonds is 7. The largest absolute Gasteiger partial charge is 0.454 e. The van der Waals surface area contributed by atoms with Crippen LogP contribution in [0, 0.1) is 0 Å². The Balaban J connectivity index is 1.44. The minimum absolute atomic E-state index is 0.842. The smallest absolute Gasteiger partial charge is 0.161 e. The molecule has 232 valence electrons. The van der Waals surface area contributed by atoms with Crippen LogP contribution in [0.25, 0.3) is 38.3 Å². The third kappa shape index (κ3) is 5.03. The Kier molecular flexibility index (Phi) is 7.18. The zero-order valence-corrected chi connectivity index (χ0v) is 26.9. The molecule has 0 saturated heterocycles. The number of fused-ring (bicyclic) bond motifs is 5. The molecule has 1 aromatic heterocycles. The highest BCUT2D eigenvalue weighted by atomic mass is 16.3. The van der Waals surface area contributed by atoms with E-state index >= 15 is 0 Å². The third-order valence-electron chi connectivity index (χ3n) is 9.34. The molecule has 0 fully saturated rings. The van der Waals surface area contributed by atoms with Crippen LogP contribution in [0.15, 0.2) is 191 Å². The van der Waals surface area contributed by atoms with E-state index in [1.807, 2.05) is 12.2 Å². The van der Waals surface area contributed by atoms with Crippen LogP contribution in [-0.4, -0.2) is 0 Å². The average molecular weight is 629 g/mol. The molecule has 0 N–H and O–H groups in total. The molecule has 3 nitrogen and oxygen atoms in total. The summed E-state index contributed by atoms with van der Waals surface area (Å²) < 4.78 is 7.07. The number of anilines is 5. The summed E-state index contributed by atoms with van der Waals surface area (Å²) in [6.45, 7) is 0. The van der Waals surface area contributed by atoms with Crippen LogP contribution in [0.1, 0.15) is 18.4 Å². The second-order valence-corrected chi connectivity index (χ2v) is 12.3. The molecule has 1 heterocycles. The number of hydrogen-bond donors (Lipinski definition) is 0. The van der Waals surface area contributed by atoms with Crippen molar-refractivity contribution in [3.8, 4) is 0 Å². The monoisotopic (exact) mass is 628 g/mol. The summed E-state index contributed by atoms with van der Waals surface area (Å²) >= 11 is 0. The summed E-state index contributed by atoms with van der Waals surface area (Å²) in [4.78, 5) is 4.78. The van der Waals surface area contributed by atoms with Crippen LogP contribution in [0.5, 0.6) is 0 Å². The quantitative estimate of drug-likeness (QED) is 0.164. The molecule has 2 aliphatic carbocycles. The molecule has 0 spiro atoms. The topological polar surface area (TPSA) is 19.6 Å². The predicted octanol–water partition coefficient (Wildman–Crippen LogP) is 12.8. The summed E-state index contributed by atoms with van der Waals surface area (Å²) in [5.41, 5.74) is 16.7. The van der Waals surface area contributed by atoms with Gasteiger partial charge in [-0.25, -0.2) is 0 Å². The van der Waals surface area contributed by atoms with Crippen molar-refractivity contribution in [2.24, 2.45) is 0 Å². The normalized spacial score (nSPS) is 13.6. The number of benzene rings is 6. The fourth-order valence-corrected chi connectivity index (χ4v) is 7.17. The van der Waals surface area contributed by atoms with Crippen molar-refractivity contribution in [2.75, 3.05) is 9.80 Å². The second-order valence-electron chi connectivity index (χ2n) is 12.3. The summed E-state index contributed by atoms with van der Waals surface area (Å²) in [5, 5.41) is 4.59. The van der Waals surface area contributed by atoms with Gasteiger partial charge in [0.15, 0.2) is 5.58 Å². The van der Waals surface area contributed by atoms with Gasteiger partial charge in [0, 0.05) is 39.0 Å². The van der Waals surface area contributed by atoms with Crippen LogP contribution in [-0.2, 0) is 0 Å². The number of nitrogens with zero attached hydrogens (tertiary/aromatic N) is 2. The van der Waals surface area contributed by atoms with E-state index in [1.165, 1.54) is 16.5 Å². The fourth-order valence-electron chi connectivity index (χ4n) is 7.17. The molecular weight excluding hydrogens is 597 g/mol. The average Bonchev–Trinajstić information content (AvgIpc) is 3.57. The van der Waals surface area contributed by atoms with Crippen molar-refractivity contribution in [3.05, 3.63) is 193 Å². The van der Waals surface area contributed by atoms with E-state index in [-0.39, 0.29) is 0 Å². The van der Waals surface area contributed by atoms with Crippen LogP contribution in [0.4, 0.5) is 28.4 Å². The van der Waals surface area contributed by atoms with Crippen molar-refractivity contribution in [1.29, 1.82) is 0 Å². The first-order chi connectivity index (χ1) is 24.3. The Bertz CT molecular complexity index is 2530. The Hall–Kier alpha value is -6.50. The molecule has 6 aromatic carbocycles. The lowest BCUT2D eigenvalue weighted by Gasteiger charge is -2.35. The molecule has 9 rings (SSSR count). The van der Waals surface area contributed by atoms with Crippen LogP contribution >= 0.6 is 0 Å². The number of hydrogen-bond acceptors (Lipinski definition) is 3. The zero-order valence-electron chi connectivity index (χ0n) is 26.9. The van der Waals surface area contributed by atoms with Gasteiger partial charge in [-0.05, 0) is 90.4 Å². The van der Waals surface area contributed by atoms with Gasteiger partial charge in [0.25, 0.3) is 0 Å². The molecule has 7 aromatic rings. The van der Waals surface area contributed by atoms with E-state index in [0.29, 0.717) is 0 Å². The number of furan rings is 1. The van der Waals surface area contributed by atoms with Crippen LogP contribution in [0.2, 0.25) is 0 Å². The van der Waals surface area contributed by atoms with Gasteiger partial charge in [-0.3, -0.25) is 0 Å². The molecule has 0 amide bonds. The van der Waals surface area contributed by atoms with Gasteiger partial charge in [-0.15, -0.1) is 0 Å². The van der Waals surface area contributed by atoms with Crippen molar-refractivity contribution in [1.82, 2.24) is 0 Å². The summed E-state index contributed by atoms with van der Waals surface area (Å²) in [5.74, 6) is 0. The van der Waals surface area contributed by atoms with Gasteiger partial charge in [-0.2, -0.15) is 0 Å². The lowest BCUT2D eigenvalue weighted by atomic mass is 9.98. The van der Waals surface area contributed by atoms with E-state index in [2.05, 4.69) is 179 Å². The SMILES string of the molecule is C1=C=C(c2ccccc2N(C2=CC=CCC2)c2c(N(c3ccccc3)c3ccccc3)ccc3c2oc2ccc4ccccc4c23)C=CC=1. The lowest BCUT2D eigenvalue weighted by molar-refractivity contribution is 0.668. The molecular formula is C46H32N2O. The zero-order chi connectivity index (χ0) is 32.6. The van der Waals surface area contributed by atoms with Gasteiger partial charge in [0.2, 0.25) is 0 Å². The standard InChI is InChI=1S/C46H32N2O/c1-5-17-33(18-6-1)38-26-15-16-28-41(38)48(37-24-11-4-12-25-37)45-42(47(35-20-7-2-8-21-35)36-22-9-3-10-23-36)31-30-40-44-39-27-14-13-19-34(39)29-32-43(44)49-46(40)45/h1-5,7-11,13-17,19-24,26-32H,12,25H2. The van der Waals surface area contributed by atoms with E-state index in [4.69, 9.17) is 4.42 Å². The first kappa shape index (κ1) is 28.7. The molecule has 0 radical (unpaired) electrons. The molecule has 0 saturated carbocycles. The van der Waals surface area contributed by atoms with Gasteiger partial charge in [-0.1, -0.05) is 115 Å². The maximum Gasteiger partial charge on any atom is 0.161 e. The first-order valence-corrected chi connectivity index (χ1v) is 16.8. The van der Waals surface area contributed by atoms with Crippen molar-refractivity contribution >= 4 is 66.7 Å². The van der Waals surface area contributed by atoms with Crippen molar-refractivity contribution < 1.29 is 4.42 Å². The molecule has 49 heavy (non-hydrogen) atoms. The molecule has 0 atom stereocenters. The Morgan fingerprint density at radius 2 is 1.37 bits per heavy atom. The van der Waals surface area contributed by atoms with Gasteiger partial charge in [0.05, 0.1) is 11.4 Å². The molecule has 0 unspecified atom stereocenters. The Labute approximate surface area is 285 Å². The van der Waals surface area contributed by atoms with Crippen LogP contribution in [0.3, 0.4) is 0 Å². The van der Waals surface area contributed by atoms with E-state index in [9.17, 15) is 0 Å². The Morgan fingerprint density at radius 1 is 0.612 bits per heavy atom. The Morgan fingerprint density at radius 3 is 2.12 bits per heavy atom. The van der Waals surface area contributed by atoms with Crippen molar-refractivity contribution in [2.45, 2.75) is 12.8 Å². The molecule has 0 aliphatic heterocycles. The number of para-hydroxylation sites is 3. The molecule has 2 aliphatic rings. The fraction of sp³-hybridized carbons (Fsp3) is 0.0435. The maximum atomic E-state index is 7.07. The first-order valence-electron chi connectivity index (χ1n) is 16.8. The highest BCUT2D eigenvalue weighted by Gasteiger charge is 2.30. The summed E-state index contributed by atoms with van der Waals surface area (Å²) in [7, 11) is 0. The predicted molar refractivity (Wildman–Crippen MR) is 205 cm³/mol. The summed E-state index contributed by atoms with van der Waals surface area (Å²) in [6.07, 6.45) is 14.5. The number of allylic oxidation sites excluding steroid dienone is 8. The van der Waals surface area contributed by atoms with Gasteiger partial charge in [0.1, 0.15) is 11.3 Å². The summed E-state index contributed by atoms with van der Waals surface area (Å²) in [6, 6.07) is 47.2. The minimum atomic E-state index is 0.842. The van der Waals surface area contributed by atoms with E-state index in [1.54, 1.807) is 0 Å². The van der Waals surface area contributed by atoms with E-state index in [0.717, 1.165) is 74.4 Å². The minimum Gasteiger partial charge on any atom is -0.454 e. The molecule has 0 bridgehead atoms. The van der Waals surface area contributed by atoms with Crippen molar-refractivity contribution in [3.63, 3.8) is 0 Å². The molecule has 3 heteroatoms. The van der Waals surface area contributed by atoms with Gasteiger partial charge >= 0.3 is 0 Å². The highest BCUT2D eigenvalue weighted by Crippen LogP contribution is 2.51. The third-order valence-corrected chi connectivity index (χ3v) is 9.34. The second kappa shape index (κ2) is 12.3. The highest BCUT2D eigenvalue weighted by molar-refractivity contribution is 6.22. The van der Waals surface area contributed by atoms with E-state index < -0.39 is 0 Å². The maximum absolute atomic E-state index is 7.07. The van der Waals surface area contributed by atoms with Crippen LogP contribution < -0.4 is 9.80 Å².